The number of aliphatic hydroxyl groups is 1. The molecule has 110 valence electrons. The molecule has 1 fully saturated rings. The molecule has 0 bridgehead atoms. The average molecular weight is 275 g/mol. The van der Waals surface area contributed by atoms with Gasteiger partial charge in [-0.3, -0.25) is 4.90 Å². The number of rotatable bonds is 2. The van der Waals surface area contributed by atoms with Gasteiger partial charge in [-0.1, -0.05) is 24.3 Å². The summed E-state index contributed by atoms with van der Waals surface area (Å²) in [5.74, 6) is 0. The number of benzene rings is 1. The first kappa shape index (κ1) is 14.1. The van der Waals surface area contributed by atoms with Crippen molar-refractivity contribution in [3.8, 4) is 0 Å². The molecule has 3 heteroatoms. The molecule has 20 heavy (non-hydrogen) atoms. The van der Waals surface area contributed by atoms with Crippen LogP contribution in [-0.2, 0) is 11.2 Å². The molecular formula is C17H25NO2. The molecule has 1 aliphatic carbocycles. The van der Waals surface area contributed by atoms with Crippen LogP contribution in [-0.4, -0.2) is 41.8 Å². The van der Waals surface area contributed by atoms with Crippen molar-refractivity contribution in [2.24, 2.45) is 0 Å². The molecule has 1 aromatic rings. The average Bonchev–Trinajstić information content (AvgIpc) is 2.81. The van der Waals surface area contributed by atoms with Crippen LogP contribution in [0.5, 0.6) is 0 Å². The zero-order valence-corrected chi connectivity index (χ0v) is 12.5. The summed E-state index contributed by atoms with van der Waals surface area (Å²) in [7, 11) is 2.15. The van der Waals surface area contributed by atoms with E-state index in [9.17, 15) is 5.11 Å². The normalized spacial score (nSPS) is 34.0. The van der Waals surface area contributed by atoms with E-state index in [4.69, 9.17) is 4.74 Å². The molecule has 0 aromatic heterocycles. The summed E-state index contributed by atoms with van der Waals surface area (Å²) in [6.45, 7) is 2.99. The number of likely N-dealkylation sites (N-methyl/N-ethyl adjacent to an activating group) is 1. The molecule has 0 amide bonds. The number of aryl methyl sites for hydroxylation is 1. The van der Waals surface area contributed by atoms with E-state index < -0.39 is 0 Å². The molecule has 1 saturated heterocycles. The Hall–Kier alpha value is -0.900. The quantitative estimate of drug-likeness (QED) is 0.842. The first-order valence-electron chi connectivity index (χ1n) is 7.78. The Labute approximate surface area is 121 Å². The van der Waals surface area contributed by atoms with Gasteiger partial charge >= 0.3 is 0 Å². The molecule has 3 nitrogen and oxygen atoms in total. The number of hydrogen-bond acceptors (Lipinski definition) is 3. The summed E-state index contributed by atoms with van der Waals surface area (Å²) in [4.78, 5) is 2.37. The number of fused-ring (bicyclic) bond motifs is 1. The second kappa shape index (κ2) is 5.84. The zero-order valence-electron chi connectivity index (χ0n) is 12.5. The monoisotopic (exact) mass is 275 g/mol. The fraction of sp³-hybridized carbons (Fsp3) is 0.647. The SMILES string of the molecule is CC1OCCC1N(C)C1CCCc2ccccc2C1O. The third-order valence-corrected chi connectivity index (χ3v) is 5.07. The van der Waals surface area contributed by atoms with Crippen LogP contribution < -0.4 is 0 Å². The van der Waals surface area contributed by atoms with E-state index in [-0.39, 0.29) is 18.2 Å². The van der Waals surface area contributed by atoms with Gasteiger partial charge in [-0.15, -0.1) is 0 Å². The van der Waals surface area contributed by atoms with Gasteiger partial charge in [-0.2, -0.15) is 0 Å². The largest absolute Gasteiger partial charge is 0.387 e. The van der Waals surface area contributed by atoms with Crippen LogP contribution in [0.2, 0.25) is 0 Å². The maximum Gasteiger partial charge on any atom is 0.0947 e. The first-order valence-corrected chi connectivity index (χ1v) is 7.78. The van der Waals surface area contributed by atoms with E-state index in [2.05, 4.69) is 37.1 Å². The highest BCUT2D eigenvalue weighted by molar-refractivity contribution is 5.31. The topological polar surface area (TPSA) is 32.7 Å². The van der Waals surface area contributed by atoms with Gasteiger partial charge in [-0.25, -0.2) is 0 Å². The maximum atomic E-state index is 10.8. The lowest BCUT2D eigenvalue weighted by molar-refractivity contribution is 0.0120. The molecule has 1 N–H and O–H groups in total. The van der Waals surface area contributed by atoms with E-state index in [1.165, 1.54) is 5.56 Å². The summed E-state index contributed by atoms with van der Waals surface area (Å²) in [6.07, 6.45) is 4.23. The van der Waals surface area contributed by atoms with E-state index >= 15 is 0 Å². The van der Waals surface area contributed by atoms with Crippen molar-refractivity contribution < 1.29 is 9.84 Å². The molecule has 1 aromatic carbocycles. The molecule has 4 unspecified atom stereocenters. The Morgan fingerprint density at radius 3 is 2.75 bits per heavy atom. The van der Waals surface area contributed by atoms with Crippen molar-refractivity contribution in [1.82, 2.24) is 4.90 Å². The van der Waals surface area contributed by atoms with Crippen molar-refractivity contribution in [3.63, 3.8) is 0 Å². The van der Waals surface area contributed by atoms with E-state index in [0.29, 0.717) is 6.04 Å². The van der Waals surface area contributed by atoms with Crippen molar-refractivity contribution in [2.75, 3.05) is 13.7 Å². The fourth-order valence-corrected chi connectivity index (χ4v) is 3.84. The highest BCUT2D eigenvalue weighted by Crippen LogP contribution is 2.34. The molecular weight excluding hydrogens is 250 g/mol. The minimum absolute atomic E-state index is 0.202. The van der Waals surface area contributed by atoms with Gasteiger partial charge in [0, 0.05) is 18.7 Å². The van der Waals surface area contributed by atoms with Crippen LogP contribution in [0, 0.1) is 0 Å². The van der Waals surface area contributed by atoms with Gasteiger partial charge in [0.1, 0.15) is 0 Å². The highest BCUT2D eigenvalue weighted by Gasteiger charge is 2.36. The first-order chi connectivity index (χ1) is 9.68. The van der Waals surface area contributed by atoms with E-state index in [0.717, 1.165) is 37.9 Å². The lowest BCUT2D eigenvalue weighted by Crippen LogP contribution is -2.46. The summed E-state index contributed by atoms with van der Waals surface area (Å²) < 4.78 is 5.69. The molecule has 0 saturated carbocycles. The van der Waals surface area contributed by atoms with Crippen LogP contribution in [0.25, 0.3) is 0 Å². The van der Waals surface area contributed by atoms with Gasteiger partial charge in [0.05, 0.1) is 12.2 Å². The van der Waals surface area contributed by atoms with Crippen LogP contribution >= 0.6 is 0 Å². The Kier molecular flexibility index (Phi) is 4.11. The predicted octanol–water partition coefficient (Wildman–Crippen LogP) is 2.53. The van der Waals surface area contributed by atoms with Crippen molar-refractivity contribution in [3.05, 3.63) is 35.4 Å². The van der Waals surface area contributed by atoms with Crippen LogP contribution in [0.1, 0.15) is 43.4 Å². The second-order valence-corrected chi connectivity index (χ2v) is 6.20. The molecule has 0 spiro atoms. The number of hydrogen-bond donors (Lipinski definition) is 1. The molecule has 3 rings (SSSR count). The van der Waals surface area contributed by atoms with Gasteiger partial charge in [0.15, 0.2) is 0 Å². The third-order valence-electron chi connectivity index (χ3n) is 5.07. The lowest BCUT2D eigenvalue weighted by atomic mass is 9.96. The zero-order chi connectivity index (χ0) is 14.1. The molecule has 0 radical (unpaired) electrons. The van der Waals surface area contributed by atoms with E-state index in [1.807, 2.05) is 6.07 Å². The third kappa shape index (κ3) is 2.50. The maximum absolute atomic E-state index is 10.8. The lowest BCUT2D eigenvalue weighted by Gasteiger charge is -2.36. The van der Waals surface area contributed by atoms with Crippen LogP contribution in [0.4, 0.5) is 0 Å². The van der Waals surface area contributed by atoms with Crippen LogP contribution in [0.3, 0.4) is 0 Å². The number of ether oxygens (including phenoxy) is 1. The van der Waals surface area contributed by atoms with Crippen LogP contribution in [0.15, 0.2) is 24.3 Å². The Morgan fingerprint density at radius 2 is 2.00 bits per heavy atom. The Morgan fingerprint density at radius 1 is 1.20 bits per heavy atom. The standard InChI is InChI=1S/C17H25NO2/c1-12-15(10-11-20-12)18(2)16-9-5-7-13-6-3-4-8-14(13)17(16)19/h3-4,6,8,12,15-17,19H,5,7,9-11H2,1-2H3. The minimum Gasteiger partial charge on any atom is -0.387 e. The molecule has 1 aliphatic heterocycles. The van der Waals surface area contributed by atoms with Gasteiger partial charge in [-0.05, 0) is 50.8 Å². The summed E-state index contributed by atoms with van der Waals surface area (Å²) >= 11 is 0. The second-order valence-electron chi connectivity index (χ2n) is 6.20. The smallest absolute Gasteiger partial charge is 0.0947 e. The number of aliphatic hydroxyl groups excluding tert-OH is 1. The minimum atomic E-state index is -0.383. The fourth-order valence-electron chi connectivity index (χ4n) is 3.84. The van der Waals surface area contributed by atoms with Crippen molar-refractivity contribution in [2.45, 2.75) is 56.9 Å². The van der Waals surface area contributed by atoms with Crippen molar-refractivity contribution >= 4 is 0 Å². The Bertz CT molecular complexity index is 462. The molecule has 1 heterocycles. The van der Waals surface area contributed by atoms with Gasteiger partial charge in [0.2, 0.25) is 0 Å². The van der Waals surface area contributed by atoms with Gasteiger partial charge in [0.25, 0.3) is 0 Å². The summed E-state index contributed by atoms with van der Waals surface area (Å²) in [6, 6.07) is 8.98. The van der Waals surface area contributed by atoms with Gasteiger partial charge < -0.3 is 9.84 Å². The summed E-state index contributed by atoms with van der Waals surface area (Å²) in [5.41, 5.74) is 2.43. The molecule has 4 atom stereocenters. The predicted molar refractivity (Wildman–Crippen MR) is 79.7 cm³/mol. The van der Waals surface area contributed by atoms with E-state index in [1.54, 1.807) is 0 Å². The highest BCUT2D eigenvalue weighted by atomic mass is 16.5. The Balaban J connectivity index is 1.83. The summed E-state index contributed by atoms with van der Waals surface area (Å²) in [5, 5.41) is 10.8. The van der Waals surface area contributed by atoms with Crippen molar-refractivity contribution in [1.29, 1.82) is 0 Å². The molecule has 2 aliphatic rings. The number of nitrogens with zero attached hydrogens (tertiary/aromatic N) is 1.